The van der Waals surface area contributed by atoms with Gasteiger partial charge in [-0.2, -0.15) is 0 Å². The third-order valence-electron chi connectivity index (χ3n) is 4.42. The van der Waals surface area contributed by atoms with Crippen molar-refractivity contribution in [2.75, 3.05) is 4.72 Å². The van der Waals surface area contributed by atoms with E-state index in [1.807, 2.05) is 26.0 Å². The SMILES string of the molecule is CCC(C)NC(=O)c1ccc(S(=O)(=O)Nc2ccc(C(C)(C)C)cc2)cc1. The van der Waals surface area contributed by atoms with Crippen LogP contribution in [-0.2, 0) is 15.4 Å². The molecule has 6 heteroatoms. The summed E-state index contributed by atoms with van der Waals surface area (Å²) in [6.07, 6.45) is 0.829. The maximum atomic E-state index is 12.6. The van der Waals surface area contributed by atoms with Crippen molar-refractivity contribution in [3.05, 3.63) is 59.7 Å². The average molecular weight is 389 g/mol. The first-order valence-electron chi connectivity index (χ1n) is 9.07. The number of hydrogen-bond donors (Lipinski definition) is 2. The number of rotatable bonds is 6. The minimum absolute atomic E-state index is 0.00306. The van der Waals surface area contributed by atoms with E-state index in [1.165, 1.54) is 24.3 Å². The van der Waals surface area contributed by atoms with Crippen LogP contribution in [0.4, 0.5) is 5.69 Å². The third-order valence-corrected chi connectivity index (χ3v) is 5.82. The molecule has 27 heavy (non-hydrogen) atoms. The van der Waals surface area contributed by atoms with Crippen LogP contribution in [0.25, 0.3) is 0 Å². The molecular weight excluding hydrogens is 360 g/mol. The molecule has 1 unspecified atom stereocenters. The van der Waals surface area contributed by atoms with Crippen LogP contribution in [0.3, 0.4) is 0 Å². The number of hydrogen-bond acceptors (Lipinski definition) is 3. The molecule has 0 saturated carbocycles. The van der Waals surface area contributed by atoms with E-state index in [4.69, 9.17) is 0 Å². The molecule has 0 fully saturated rings. The largest absolute Gasteiger partial charge is 0.350 e. The fourth-order valence-corrected chi connectivity index (χ4v) is 3.51. The molecule has 0 saturated heterocycles. The van der Waals surface area contributed by atoms with Crippen molar-refractivity contribution < 1.29 is 13.2 Å². The van der Waals surface area contributed by atoms with Crippen molar-refractivity contribution in [1.29, 1.82) is 0 Å². The zero-order valence-corrected chi connectivity index (χ0v) is 17.4. The summed E-state index contributed by atoms with van der Waals surface area (Å²) in [5.41, 5.74) is 2.07. The van der Waals surface area contributed by atoms with Gasteiger partial charge in [-0.05, 0) is 60.7 Å². The van der Waals surface area contributed by atoms with Crippen LogP contribution < -0.4 is 10.0 Å². The molecule has 0 radical (unpaired) electrons. The summed E-state index contributed by atoms with van der Waals surface area (Å²) in [6, 6.07) is 13.3. The van der Waals surface area contributed by atoms with Crippen LogP contribution in [0.1, 0.15) is 57.0 Å². The summed E-state index contributed by atoms with van der Waals surface area (Å²) < 4.78 is 27.7. The molecule has 0 aliphatic carbocycles. The van der Waals surface area contributed by atoms with E-state index in [9.17, 15) is 13.2 Å². The normalized spacial score (nSPS) is 13.1. The number of sulfonamides is 1. The first-order valence-corrected chi connectivity index (χ1v) is 10.6. The molecule has 1 atom stereocenters. The van der Waals surface area contributed by atoms with Crippen molar-refractivity contribution in [2.45, 2.75) is 57.4 Å². The van der Waals surface area contributed by atoms with Gasteiger partial charge in [0.25, 0.3) is 15.9 Å². The lowest BCUT2D eigenvalue weighted by molar-refractivity contribution is 0.0939. The number of carbonyl (C=O) groups is 1. The highest BCUT2D eigenvalue weighted by Gasteiger charge is 2.17. The minimum atomic E-state index is -3.71. The summed E-state index contributed by atoms with van der Waals surface area (Å²) in [5, 5.41) is 2.86. The summed E-state index contributed by atoms with van der Waals surface area (Å²) in [6.45, 7) is 10.2. The molecule has 0 spiro atoms. The van der Waals surface area contributed by atoms with Crippen LogP contribution in [0.2, 0.25) is 0 Å². The maximum Gasteiger partial charge on any atom is 0.261 e. The van der Waals surface area contributed by atoms with Gasteiger partial charge in [0, 0.05) is 17.3 Å². The lowest BCUT2D eigenvalue weighted by atomic mass is 9.87. The van der Waals surface area contributed by atoms with Crippen LogP contribution in [0.15, 0.2) is 53.4 Å². The quantitative estimate of drug-likeness (QED) is 0.774. The van der Waals surface area contributed by atoms with Gasteiger partial charge in [0.1, 0.15) is 0 Å². The number of carbonyl (C=O) groups excluding carboxylic acids is 1. The van der Waals surface area contributed by atoms with E-state index < -0.39 is 10.0 Å². The Bertz CT molecular complexity index is 881. The highest BCUT2D eigenvalue weighted by Crippen LogP contribution is 2.24. The smallest absolute Gasteiger partial charge is 0.261 e. The second-order valence-corrected chi connectivity index (χ2v) is 9.42. The molecule has 2 rings (SSSR count). The first-order chi connectivity index (χ1) is 12.5. The van der Waals surface area contributed by atoms with Gasteiger partial charge in [0.2, 0.25) is 0 Å². The van der Waals surface area contributed by atoms with E-state index >= 15 is 0 Å². The third kappa shape index (κ3) is 5.57. The van der Waals surface area contributed by atoms with Crippen molar-refractivity contribution >= 4 is 21.6 Å². The van der Waals surface area contributed by atoms with Gasteiger partial charge in [-0.1, -0.05) is 39.8 Å². The Balaban J connectivity index is 2.13. The average Bonchev–Trinajstić information content (AvgIpc) is 2.61. The summed E-state index contributed by atoms with van der Waals surface area (Å²) in [5.74, 6) is -0.209. The van der Waals surface area contributed by atoms with Crippen molar-refractivity contribution in [2.24, 2.45) is 0 Å². The summed E-state index contributed by atoms with van der Waals surface area (Å²) >= 11 is 0. The fourth-order valence-electron chi connectivity index (χ4n) is 2.45. The number of anilines is 1. The van der Waals surface area contributed by atoms with Crippen LogP contribution in [0, 0.1) is 0 Å². The standard InChI is InChI=1S/C21H28N2O3S/c1-6-15(2)22-20(24)16-7-13-19(14-8-16)27(25,26)23-18-11-9-17(10-12-18)21(3,4)5/h7-15,23H,6H2,1-5H3,(H,22,24). The lowest BCUT2D eigenvalue weighted by Crippen LogP contribution is -2.31. The van der Waals surface area contributed by atoms with Crippen LogP contribution in [0.5, 0.6) is 0 Å². The van der Waals surface area contributed by atoms with E-state index in [0.29, 0.717) is 11.3 Å². The lowest BCUT2D eigenvalue weighted by Gasteiger charge is -2.19. The Morgan fingerprint density at radius 1 is 1.00 bits per heavy atom. The molecule has 0 bridgehead atoms. The molecule has 1 amide bonds. The molecule has 2 aromatic rings. The van der Waals surface area contributed by atoms with Crippen LogP contribution in [-0.4, -0.2) is 20.4 Å². The zero-order valence-electron chi connectivity index (χ0n) is 16.5. The molecule has 0 aromatic heterocycles. The predicted octanol–water partition coefficient (Wildman–Crippen LogP) is 4.31. The van der Waals surface area contributed by atoms with Gasteiger partial charge in [0.05, 0.1) is 4.90 Å². The Labute approximate surface area is 162 Å². The fraction of sp³-hybridized carbons (Fsp3) is 0.381. The Morgan fingerprint density at radius 3 is 2.04 bits per heavy atom. The molecule has 146 valence electrons. The van der Waals surface area contributed by atoms with Crippen molar-refractivity contribution in [1.82, 2.24) is 5.32 Å². The van der Waals surface area contributed by atoms with E-state index in [0.717, 1.165) is 12.0 Å². The van der Waals surface area contributed by atoms with E-state index in [-0.39, 0.29) is 22.3 Å². The van der Waals surface area contributed by atoms with E-state index in [1.54, 1.807) is 12.1 Å². The molecule has 0 aliphatic heterocycles. The summed E-state index contributed by atoms with van der Waals surface area (Å²) in [7, 11) is -3.71. The van der Waals surface area contributed by atoms with Gasteiger partial charge in [-0.3, -0.25) is 9.52 Å². The predicted molar refractivity (Wildman–Crippen MR) is 110 cm³/mol. The van der Waals surface area contributed by atoms with E-state index in [2.05, 4.69) is 30.8 Å². The van der Waals surface area contributed by atoms with Gasteiger partial charge < -0.3 is 5.32 Å². The minimum Gasteiger partial charge on any atom is -0.350 e. The molecule has 0 aliphatic rings. The second kappa shape index (κ2) is 8.13. The number of benzene rings is 2. The monoisotopic (exact) mass is 388 g/mol. The number of amides is 1. The zero-order chi connectivity index (χ0) is 20.2. The van der Waals surface area contributed by atoms with Gasteiger partial charge in [0.15, 0.2) is 0 Å². The van der Waals surface area contributed by atoms with Gasteiger partial charge in [-0.15, -0.1) is 0 Å². The molecule has 5 nitrogen and oxygen atoms in total. The highest BCUT2D eigenvalue weighted by atomic mass is 32.2. The Hall–Kier alpha value is -2.34. The summed E-state index contributed by atoms with van der Waals surface area (Å²) in [4.78, 5) is 12.2. The number of nitrogens with one attached hydrogen (secondary N) is 2. The van der Waals surface area contributed by atoms with Crippen LogP contribution >= 0.6 is 0 Å². The topological polar surface area (TPSA) is 75.3 Å². The molecular formula is C21H28N2O3S. The molecule has 0 heterocycles. The van der Waals surface area contributed by atoms with Crippen molar-refractivity contribution in [3.8, 4) is 0 Å². The second-order valence-electron chi connectivity index (χ2n) is 7.74. The van der Waals surface area contributed by atoms with Gasteiger partial charge >= 0.3 is 0 Å². The van der Waals surface area contributed by atoms with Crippen molar-refractivity contribution in [3.63, 3.8) is 0 Å². The molecule has 2 aromatic carbocycles. The highest BCUT2D eigenvalue weighted by molar-refractivity contribution is 7.92. The Morgan fingerprint density at radius 2 is 1.56 bits per heavy atom. The Kier molecular flexibility index (Phi) is 6.31. The maximum absolute atomic E-state index is 12.6. The van der Waals surface area contributed by atoms with Gasteiger partial charge in [-0.25, -0.2) is 8.42 Å². The molecule has 2 N–H and O–H groups in total. The first kappa shape index (κ1) is 21.0.